The van der Waals surface area contributed by atoms with Crippen LogP contribution in [-0.4, -0.2) is 16.1 Å². The van der Waals surface area contributed by atoms with E-state index in [0.29, 0.717) is 0 Å². The van der Waals surface area contributed by atoms with Gasteiger partial charge in [-0.1, -0.05) is 18.2 Å². The third-order valence-corrected chi connectivity index (χ3v) is 2.78. The molecular weight excluding hydrogens is 226 g/mol. The van der Waals surface area contributed by atoms with Crippen LogP contribution in [0.2, 0.25) is 0 Å². The summed E-state index contributed by atoms with van der Waals surface area (Å²) >= 11 is 0. The average molecular weight is 237 g/mol. The summed E-state index contributed by atoms with van der Waals surface area (Å²) in [6.07, 6.45) is 0. The molecule has 3 aromatic rings. The summed E-state index contributed by atoms with van der Waals surface area (Å²) in [7, 11) is 0. The Labute approximate surface area is 104 Å². The van der Waals surface area contributed by atoms with Gasteiger partial charge >= 0.3 is 0 Å². The highest BCUT2D eigenvalue weighted by Crippen LogP contribution is 2.24. The van der Waals surface area contributed by atoms with Gasteiger partial charge in [-0.15, -0.1) is 10.2 Å². The minimum Gasteiger partial charge on any atom is -0.326 e. The van der Waals surface area contributed by atoms with Gasteiger partial charge in [-0.2, -0.15) is 0 Å². The van der Waals surface area contributed by atoms with Crippen molar-refractivity contribution in [2.45, 2.75) is 6.92 Å². The molecule has 0 atom stereocenters. The first kappa shape index (κ1) is 10.7. The van der Waals surface area contributed by atoms with E-state index < -0.39 is 0 Å². The summed E-state index contributed by atoms with van der Waals surface area (Å²) in [6, 6.07) is 13.4. The van der Waals surface area contributed by atoms with Crippen molar-refractivity contribution < 1.29 is 4.79 Å². The van der Waals surface area contributed by atoms with E-state index in [4.69, 9.17) is 0 Å². The number of benzene rings is 2. The van der Waals surface area contributed by atoms with Crippen molar-refractivity contribution in [3.63, 3.8) is 0 Å². The number of anilines is 1. The normalized spacial score (nSPS) is 10.7. The predicted octanol–water partition coefficient (Wildman–Crippen LogP) is 2.74. The Kier molecular flexibility index (Phi) is 2.41. The summed E-state index contributed by atoms with van der Waals surface area (Å²) in [6.45, 7) is 1.49. The molecule has 0 spiro atoms. The Morgan fingerprint density at radius 2 is 1.72 bits per heavy atom. The maximum atomic E-state index is 11.1. The summed E-state index contributed by atoms with van der Waals surface area (Å²) in [5.74, 6) is -0.0827. The second-order valence-corrected chi connectivity index (χ2v) is 4.13. The summed E-state index contributed by atoms with van der Waals surface area (Å²) < 4.78 is 0. The number of carbonyl (C=O) groups excluding carboxylic acids is 1. The fourth-order valence-electron chi connectivity index (χ4n) is 2.02. The third kappa shape index (κ3) is 1.78. The zero-order valence-corrected chi connectivity index (χ0v) is 9.84. The van der Waals surface area contributed by atoms with E-state index in [9.17, 15) is 4.79 Å². The van der Waals surface area contributed by atoms with Gasteiger partial charge in [-0.3, -0.25) is 4.79 Å². The van der Waals surface area contributed by atoms with Gasteiger partial charge in [0, 0.05) is 23.4 Å². The van der Waals surface area contributed by atoms with Gasteiger partial charge in [0.25, 0.3) is 0 Å². The number of hydrogen-bond donors (Lipinski definition) is 1. The summed E-state index contributed by atoms with van der Waals surface area (Å²) in [5.41, 5.74) is 2.45. The van der Waals surface area contributed by atoms with E-state index in [2.05, 4.69) is 15.5 Å². The summed E-state index contributed by atoms with van der Waals surface area (Å²) in [5, 5.41) is 13.1. The molecule has 88 valence electrons. The van der Waals surface area contributed by atoms with Crippen LogP contribution < -0.4 is 5.32 Å². The minimum atomic E-state index is -0.0827. The number of nitrogens with one attached hydrogen (secondary N) is 1. The number of rotatable bonds is 1. The molecule has 0 unspecified atom stereocenters. The Bertz CT molecular complexity index is 752. The van der Waals surface area contributed by atoms with Crippen molar-refractivity contribution in [1.82, 2.24) is 10.2 Å². The number of aromatic nitrogens is 2. The van der Waals surface area contributed by atoms with Gasteiger partial charge in [0.05, 0.1) is 11.0 Å². The van der Waals surface area contributed by atoms with Gasteiger partial charge in [0.2, 0.25) is 5.91 Å². The van der Waals surface area contributed by atoms with E-state index in [0.717, 1.165) is 27.5 Å². The molecule has 1 amide bonds. The number of hydrogen-bond acceptors (Lipinski definition) is 3. The lowest BCUT2D eigenvalue weighted by atomic mass is 10.1. The van der Waals surface area contributed by atoms with Crippen LogP contribution in [0.3, 0.4) is 0 Å². The lowest BCUT2D eigenvalue weighted by Crippen LogP contribution is -2.05. The fourth-order valence-corrected chi connectivity index (χ4v) is 2.02. The molecule has 0 bridgehead atoms. The lowest BCUT2D eigenvalue weighted by molar-refractivity contribution is -0.114. The van der Waals surface area contributed by atoms with Gasteiger partial charge in [0.15, 0.2) is 0 Å². The fraction of sp³-hybridized carbons (Fsp3) is 0.0714. The Morgan fingerprint density at radius 3 is 2.50 bits per heavy atom. The lowest BCUT2D eigenvalue weighted by Gasteiger charge is -2.05. The van der Waals surface area contributed by atoms with Crippen LogP contribution in [0.15, 0.2) is 42.5 Å². The van der Waals surface area contributed by atoms with Crippen LogP contribution in [-0.2, 0) is 4.79 Å². The van der Waals surface area contributed by atoms with Gasteiger partial charge in [-0.25, -0.2) is 0 Å². The SMILES string of the molecule is CC(=O)Nc1ccc2nnc3ccccc3c2c1. The number of amides is 1. The molecule has 0 saturated carbocycles. The Balaban J connectivity index is 2.29. The molecule has 0 aliphatic heterocycles. The molecule has 0 aliphatic rings. The standard InChI is InChI=1S/C14H11N3O/c1-9(18)15-10-6-7-14-12(8-10)11-4-2-3-5-13(11)16-17-14/h2-8H,1H3,(H,15,18). The van der Waals surface area contributed by atoms with E-state index in [1.165, 1.54) is 6.92 Å². The third-order valence-electron chi connectivity index (χ3n) is 2.78. The van der Waals surface area contributed by atoms with Gasteiger partial charge in [0.1, 0.15) is 0 Å². The number of carbonyl (C=O) groups is 1. The van der Waals surface area contributed by atoms with Crippen LogP contribution in [0, 0.1) is 0 Å². The van der Waals surface area contributed by atoms with Crippen LogP contribution in [0.1, 0.15) is 6.92 Å². The maximum absolute atomic E-state index is 11.1. The molecule has 2 aromatic carbocycles. The molecule has 3 rings (SSSR count). The van der Waals surface area contributed by atoms with Crippen LogP contribution >= 0.6 is 0 Å². The van der Waals surface area contributed by atoms with Crippen LogP contribution in [0.4, 0.5) is 5.69 Å². The van der Waals surface area contributed by atoms with Crippen molar-refractivity contribution in [2.75, 3.05) is 5.32 Å². The molecule has 0 fully saturated rings. The van der Waals surface area contributed by atoms with Crippen molar-refractivity contribution in [1.29, 1.82) is 0 Å². The number of nitrogens with zero attached hydrogens (tertiary/aromatic N) is 2. The molecule has 0 radical (unpaired) electrons. The first-order valence-electron chi connectivity index (χ1n) is 5.67. The highest BCUT2D eigenvalue weighted by molar-refractivity contribution is 6.05. The first-order valence-corrected chi connectivity index (χ1v) is 5.67. The zero-order valence-electron chi connectivity index (χ0n) is 9.84. The number of fused-ring (bicyclic) bond motifs is 3. The molecule has 0 aliphatic carbocycles. The largest absolute Gasteiger partial charge is 0.326 e. The molecule has 4 nitrogen and oxygen atoms in total. The highest BCUT2D eigenvalue weighted by atomic mass is 16.1. The van der Waals surface area contributed by atoms with Crippen LogP contribution in [0.5, 0.6) is 0 Å². The molecule has 1 heterocycles. The van der Waals surface area contributed by atoms with Crippen molar-refractivity contribution in [2.24, 2.45) is 0 Å². The molecule has 4 heteroatoms. The predicted molar refractivity (Wildman–Crippen MR) is 71.3 cm³/mol. The van der Waals surface area contributed by atoms with E-state index in [1.807, 2.05) is 42.5 Å². The molecule has 1 N–H and O–H groups in total. The average Bonchev–Trinajstić information content (AvgIpc) is 2.38. The van der Waals surface area contributed by atoms with E-state index in [1.54, 1.807) is 0 Å². The van der Waals surface area contributed by atoms with Crippen molar-refractivity contribution in [3.05, 3.63) is 42.5 Å². The topological polar surface area (TPSA) is 54.9 Å². The smallest absolute Gasteiger partial charge is 0.221 e. The zero-order chi connectivity index (χ0) is 12.5. The first-order chi connectivity index (χ1) is 8.74. The van der Waals surface area contributed by atoms with E-state index >= 15 is 0 Å². The molecule has 1 aromatic heterocycles. The molecular formula is C14H11N3O. The minimum absolute atomic E-state index is 0.0827. The van der Waals surface area contributed by atoms with Crippen molar-refractivity contribution >= 4 is 33.4 Å². The second-order valence-electron chi connectivity index (χ2n) is 4.13. The maximum Gasteiger partial charge on any atom is 0.221 e. The Morgan fingerprint density at radius 1 is 1.00 bits per heavy atom. The second kappa shape index (κ2) is 4.07. The van der Waals surface area contributed by atoms with Crippen molar-refractivity contribution in [3.8, 4) is 0 Å². The highest BCUT2D eigenvalue weighted by Gasteiger charge is 2.04. The van der Waals surface area contributed by atoms with Gasteiger partial charge in [-0.05, 0) is 24.3 Å². The monoisotopic (exact) mass is 237 g/mol. The van der Waals surface area contributed by atoms with Crippen LogP contribution in [0.25, 0.3) is 21.8 Å². The molecule has 0 saturated heterocycles. The summed E-state index contributed by atoms with van der Waals surface area (Å²) in [4.78, 5) is 11.1. The Hall–Kier alpha value is -2.49. The quantitative estimate of drug-likeness (QED) is 0.662. The molecule has 18 heavy (non-hydrogen) atoms. The van der Waals surface area contributed by atoms with E-state index in [-0.39, 0.29) is 5.91 Å². The van der Waals surface area contributed by atoms with Gasteiger partial charge < -0.3 is 5.32 Å².